The van der Waals surface area contributed by atoms with Gasteiger partial charge in [-0.3, -0.25) is 0 Å². The van der Waals surface area contributed by atoms with Crippen molar-refractivity contribution in [1.82, 2.24) is 16.0 Å². The predicted molar refractivity (Wildman–Crippen MR) is 44.8 cm³/mol. The van der Waals surface area contributed by atoms with Crippen LogP contribution in [0, 0.1) is 5.92 Å². The first kappa shape index (κ1) is 9.28. The molecule has 0 atom stereocenters. The van der Waals surface area contributed by atoms with Crippen molar-refractivity contribution in [1.29, 1.82) is 0 Å². The molecular weight excluding hydrogens is 158 g/mol. The van der Waals surface area contributed by atoms with Gasteiger partial charge >= 0.3 is 6.03 Å². The highest BCUT2D eigenvalue weighted by molar-refractivity contribution is 5.73. The summed E-state index contributed by atoms with van der Waals surface area (Å²) in [6.45, 7) is 2.98. The molecule has 0 saturated carbocycles. The van der Waals surface area contributed by atoms with E-state index >= 15 is 0 Å². The minimum absolute atomic E-state index is 0.0155. The summed E-state index contributed by atoms with van der Waals surface area (Å²) in [5.41, 5.74) is 0. The van der Waals surface area contributed by atoms with E-state index < -0.39 is 0 Å². The van der Waals surface area contributed by atoms with Gasteiger partial charge in [-0.1, -0.05) is 0 Å². The highest BCUT2D eigenvalue weighted by Gasteiger charge is 2.16. The van der Waals surface area contributed by atoms with Gasteiger partial charge in [-0.05, 0) is 0 Å². The van der Waals surface area contributed by atoms with E-state index in [1.54, 1.807) is 0 Å². The third kappa shape index (κ3) is 3.06. The first-order chi connectivity index (χ1) is 5.83. The van der Waals surface area contributed by atoms with Crippen LogP contribution in [0.5, 0.6) is 0 Å². The third-order valence-corrected chi connectivity index (χ3v) is 1.81. The average molecular weight is 173 g/mol. The van der Waals surface area contributed by atoms with Crippen LogP contribution in [0.15, 0.2) is 0 Å². The van der Waals surface area contributed by atoms with Crippen LogP contribution in [-0.4, -0.2) is 43.9 Å². The van der Waals surface area contributed by atoms with Crippen LogP contribution >= 0.6 is 0 Å². The number of aliphatic hydroxyl groups is 1. The molecule has 70 valence electrons. The minimum atomic E-state index is -0.198. The van der Waals surface area contributed by atoms with E-state index in [1.807, 2.05) is 0 Å². The molecule has 1 heterocycles. The van der Waals surface area contributed by atoms with E-state index in [4.69, 9.17) is 5.11 Å². The smallest absolute Gasteiger partial charge is 0.314 e. The number of carbonyl (C=O) groups is 1. The van der Waals surface area contributed by atoms with Crippen molar-refractivity contribution in [3.05, 3.63) is 0 Å². The Morgan fingerprint density at radius 1 is 1.50 bits per heavy atom. The molecule has 0 bridgehead atoms. The lowest BCUT2D eigenvalue weighted by molar-refractivity contribution is 0.229. The largest absolute Gasteiger partial charge is 0.395 e. The van der Waals surface area contributed by atoms with Crippen LogP contribution in [0.2, 0.25) is 0 Å². The monoisotopic (exact) mass is 173 g/mol. The summed E-state index contributed by atoms with van der Waals surface area (Å²) in [5, 5.41) is 16.7. The Bertz CT molecular complexity index is 148. The molecule has 1 rings (SSSR count). The second-order valence-corrected chi connectivity index (χ2v) is 2.88. The van der Waals surface area contributed by atoms with Gasteiger partial charge < -0.3 is 21.1 Å². The number of nitrogens with one attached hydrogen (secondary N) is 3. The van der Waals surface area contributed by atoms with E-state index in [-0.39, 0.29) is 12.6 Å². The summed E-state index contributed by atoms with van der Waals surface area (Å²) in [4.78, 5) is 10.9. The lowest BCUT2D eigenvalue weighted by atomic mass is 10.0. The van der Waals surface area contributed by atoms with Gasteiger partial charge in [0.1, 0.15) is 0 Å². The summed E-state index contributed by atoms with van der Waals surface area (Å²) < 4.78 is 0. The van der Waals surface area contributed by atoms with E-state index in [9.17, 15) is 4.79 Å². The maximum absolute atomic E-state index is 10.9. The van der Waals surface area contributed by atoms with Crippen molar-refractivity contribution in [2.75, 3.05) is 32.8 Å². The fourth-order valence-corrected chi connectivity index (χ4v) is 0.962. The Kier molecular flexibility index (Phi) is 3.83. The van der Waals surface area contributed by atoms with Crippen molar-refractivity contribution in [3.63, 3.8) is 0 Å². The van der Waals surface area contributed by atoms with E-state index in [0.717, 1.165) is 13.1 Å². The Morgan fingerprint density at radius 3 is 2.75 bits per heavy atom. The normalized spacial score (nSPS) is 16.8. The average Bonchev–Trinajstić information content (AvgIpc) is 1.98. The molecule has 5 nitrogen and oxygen atoms in total. The quantitative estimate of drug-likeness (QED) is 0.418. The SMILES string of the molecule is O=C(NCCO)NCC1CNC1. The molecule has 0 aromatic heterocycles. The minimum Gasteiger partial charge on any atom is -0.395 e. The Morgan fingerprint density at radius 2 is 2.25 bits per heavy atom. The molecule has 2 amide bonds. The fraction of sp³-hybridized carbons (Fsp3) is 0.857. The highest BCUT2D eigenvalue weighted by atomic mass is 16.3. The zero-order valence-electron chi connectivity index (χ0n) is 6.97. The summed E-state index contributed by atoms with van der Waals surface area (Å²) in [6, 6.07) is -0.198. The molecule has 1 aliphatic heterocycles. The molecule has 0 spiro atoms. The third-order valence-electron chi connectivity index (χ3n) is 1.81. The Labute approximate surface area is 71.5 Å². The van der Waals surface area contributed by atoms with Crippen molar-refractivity contribution in [3.8, 4) is 0 Å². The maximum Gasteiger partial charge on any atom is 0.314 e. The van der Waals surface area contributed by atoms with Gasteiger partial charge in [-0.25, -0.2) is 4.79 Å². The van der Waals surface area contributed by atoms with Crippen LogP contribution in [0.3, 0.4) is 0 Å². The molecule has 1 aliphatic rings. The Hall–Kier alpha value is -0.810. The van der Waals surface area contributed by atoms with Gasteiger partial charge in [0.15, 0.2) is 0 Å². The van der Waals surface area contributed by atoms with Crippen LogP contribution < -0.4 is 16.0 Å². The molecule has 0 unspecified atom stereocenters. The zero-order chi connectivity index (χ0) is 8.81. The number of hydrogen-bond donors (Lipinski definition) is 4. The second-order valence-electron chi connectivity index (χ2n) is 2.88. The molecule has 1 saturated heterocycles. The van der Waals surface area contributed by atoms with Crippen molar-refractivity contribution < 1.29 is 9.90 Å². The lowest BCUT2D eigenvalue weighted by Crippen LogP contribution is -2.50. The molecule has 5 heteroatoms. The molecule has 0 aromatic carbocycles. The number of rotatable bonds is 4. The van der Waals surface area contributed by atoms with Crippen LogP contribution in [-0.2, 0) is 0 Å². The fourth-order valence-electron chi connectivity index (χ4n) is 0.962. The number of amides is 2. The Balaban J connectivity index is 1.94. The van der Waals surface area contributed by atoms with Gasteiger partial charge in [-0.15, -0.1) is 0 Å². The predicted octanol–water partition coefficient (Wildman–Crippen LogP) is -1.50. The standard InChI is InChI=1S/C7H15N3O2/c11-2-1-9-7(12)10-5-6-3-8-4-6/h6,8,11H,1-5H2,(H2,9,10,12). The second kappa shape index (κ2) is 4.95. The molecule has 0 radical (unpaired) electrons. The molecule has 12 heavy (non-hydrogen) atoms. The van der Waals surface area contributed by atoms with Crippen molar-refractivity contribution in [2.45, 2.75) is 0 Å². The number of hydrogen-bond acceptors (Lipinski definition) is 3. The van der Waals surface area contributed by atoms with Gasteiger partial charge in [0, 0.05) is 32.1 Å². The topological polar surface area (TPSA) is 73.4 Å². The van der Waals surface area contributed by atoms with E-state index in [0.29, 0.717) is 19.0 Å². The summed E-state index contributed by atoms with van der Waals surface area (Å²) in [6.07, 6.45) is 0. The van der Waals surface area contributed by atoms with E-state index in [2.05, 4.69) is 16.0 Å². The van der Waals surface area contributed by atoms with Crippen LogP contribution in [0.4, 0.5) is 4.79 Å². The molecule has 4 N–H and O–H groups in total. The first-order valence-electron chi connectivity index (χ1n) is 4.16. The summed E-state index contributed by atoms with van der Waals surface area (Å²) in [7, 11) is 0. The maximum atomic E-state index is 10.9. The molecular formula is C7H15N3O2. The number of carbonyl (C=O) groups excluding carboxylic acids is 1. The molecule has 1 fully saturated rings. The summed E-state index contributed by atoms with van der Waals surface area (Å²) >= 11 is 0. The van der Waals surface area contributed by atoms with Crippen molar-refractivity contribution >= 4 is 6.03 Å². The van der Waals surface area contributed by atoms with Gasteiger partial charge in [0.25, 0.3) is 0 Å². The molecule has 0 aromatic rings. The van der Waals surface area contributed by atoms with Gasteiger partial charge in [0.05, 0.1) is 6.61 Å². The van der Waals surface area contributed by atoms with Gasteiger partial charge in [-0.2, -0.15) is 0 Å². The van der Waals surface area contributed by atoms with Crippen LogP contribution in [0.25, 0.3) is 0 Å². The number of urea groups is 1. The summed E-state index contributed by atoms with van der Waals surface area (Å²) in [5.74, 6) is 0.574. The number of aliphatic hydroxyl groups excluding tert-OH is 1. The van der Waals surface area contributed by atoms with Crippen molar-refractivity contribution in [2.24, 2.45) is 5.92 Å². The highest BCUT2D eigenvalue weighted by Crippen LogP contribution is 1.98. The van der Waals surface area contributed by atoms with Crippen LogP contribution in [0.1, 0.15) is 0 Å². The lowest BCUT2D eigenvalue weighted by Gasteiger charge is -2.27. The first-order valence-corrected chi connectivity index (χ1v) is 4.16. The molecule has 0 aliphatic carbocycles. The zero-order valence-corrected chi connectivity index (χ0v) is 6.97. The van der Waals surface area contributed by atoms with Gasteiger partial charge in [0.2, 0.25) is 0 Å². The van der Waals surface area contributed by atoms with E-state index in [1.165, 1.54) is 0 Å².